The first-order chi connectivity index (χ1) is 13.5. The molecule has 0 bridgehead atoms. The van der Waals surface area contributed by atoms with E-state index in [1.54, 1.807) is 17.3 Å². The Bertz CT molecular complexity index is 1010. The molecule has 0 radical (unpaired) electrons. The fourth-order valence-electron chi connectivity index (χ4n) is 3.66. The van der Waals surface area contributed by atoms with Gasteiger partial charge < -0.3 is 10.2 Å². The Morgan fingerprint density at radius 1 is 1.07 bits per heavy atom. The van der Waals surface area contributed by atoms with E-state index in [0.717, 1.165) is 23.4 Å². The lowest BCUT2D eigenvalue weighted by Gasteiger charge is -2.18. The van der Waals surface area contributed by atoms with Crippen molar-refractivity contribution in [3.05, 3.63) is 77.2 Å². The van der Waals surface area contributed by atoms with Gasteiger partial charge in [0.15, 0.2) is 0 Å². The lowest BCUT2D eigenvalue weighted by molar-refractivity contribution is 0.0984. The molecular weight excluding hydrogens is 348 g/mol. The number of hydrogen-bond acceptors (Lipinski definition) is 4. The molecule has 1 aliphatic heterocycles. The number of nitrogens with one attached hydrogen (secondary N) is 1. The first-order valence-electron chi connectivity index (χ1n) is 9.63. The topological polar surface area (TPSA) is 58.1 Å². The van der Waals surface area contributed by atoms with Crippen LogP contribution in [0.3, 0.4) is 0 Å². The number of rotatable bonds is 4. The van der Waals surface area contributed by atoms with Gasteiger partial charge in [-0.25, -0.2) is 9.97 Å². The van der Waals surface area contributed by atoms with E-state index in [4.69, 9.17) is 0 Å². The summed E-state index contributed by atoms with van der Waals surface area (Å²) in [4.78, 5) is 23.5. The maximum absolute atomic E-state index is 12.9. The molecule has 28 heavy (non-hydrogen) atoms. The van der Waals surface area contributed by atoms with Crippen molar-refractivity contribution in [1.29, 1.82) is 0 Å². The van der Waals surface area contributed by atoms with Crippen LogP contribution in [0.5, 0.6) is 0 Å². The third-order valence-electron chi connectivity index (χ3n) is 5.18. The van der Waals surface area contributed by atoms with Crippen molar-refractivity contribution < 1.29 is 4.79 Å². The zero-order valence-corrected chi connectivity index (χ0v) is 16.4. The normalized spacial score (nSPS) is 12.9. The Balaban J connectivity index is 1.55. The van der Waals surface area contributed by atoms with Gasteiger partial charge in [0.05, 0.1) is 12.4 Å². The van der Waals surface area contributed by atoms with Gasteiger partial charge in [-0.2, -0.15) is 0 Å². The van der Waals surface area contributed by atoms with Crippen LogP contribution in [-0.2, 0) is 6.42 Å². The minimum absolute atomic E-state index is 0.109. The Labute approximate surface area is 165 Å². The molecular formula is C23H24N4O. The zero-order chi connectivity index (χ0) is 19.7. The van der Waals surface area contributed by atoms with E-state index in [1.165, 1.54) is 11.1 Å². The number of carbonyl (C=O) groups excluding carboxylic acids is 1. The number of aromatic nitrogens is 2. The van der Waals surface area contributed by atoms with Crippen molar-refractivity contribution in [2.24, 2.45) is 0 Å². The summed E-state index contributed by atoms with van der Waals surface area (Å²) < 4.78 is 0. The van der Waals surface area contributed by atoms with Gasteiger partial charge in [-0.3, -0.25) is 4.79 Å². The lowest BCUT2D eigenvalue weighted by atomic mass is 9.98. The van der Waals surface area contributed by atoms with E-state index < -0.39 is 0 Å². The second kappa shape index (κ2) is 7.43. The number of benzene rings is 2. The van der Waals surface area contributed by atoms with E-state index in [2.05, 4.69) is 60.3 Å². The molecule has 0 fully saturated rings. The second-order valence-corrected chi connectivity index (χ2v) is 7.44. The van der Waals surface area contributed by atoms with Crippen LogP contribution < -0.4 is 10.2 Å². The molecule has 3 aromatic rings. The van der Waals surface area contributed by atoms with Crippen LogP contribution in [0.25, 0.3) is 0 Å². The molecule has 1 N–H and O–H groups in total. The molecule has 2 heterocycles. The van der Waals surface area contributed by atoms with E-state index in [9.17, 15) is 4.79 Å². The van der Waals surface area contributed by atoms with Crippen molar-refractivity contribution in [2.45, 2.75) is 33.1 Å². The van der Waals surface area contributed by atoms with Gasteiger partial charge in [-0.1, -0.05) is 50.2 Å². The molecule has 0 unspecified atom stereocenters. The van der Waals surface area contributed by atoms with Crippen molar-refractivity contribution in [3.8, 4) is 0 Å². The van der Waals surface area contributed by atoms with Crippen molar-refractivity contribution in [3.63, 3.8) is 0 Å². The maximum Gasteiger partial charge on any atom is 0.278 e. The van der Waals surface area contributed by atoms with Crippen molar-refractivity contribution in [1.82, 2.24) is 9.97 Å². The summed E-state index contributed by atoms with van der Waals surface area (Å²) in [6.45, 7) is 7.09. The highest BCUT2D eigenvalue weighted by Crippen LogP contribution is 2.30. The molecule has 5 heteroatoms. The van der Waals surface area contributed by atoms with Gasteiger partial charge in [0.1, 0.15) is 11.5 Å². The number of anilines is 3. The smallest absolute Gasteiger partial charge is 0.278 e. The predicted molar refractivity (Wildman–Crippen MR) is 112 cm³/mol. The average Bonchev–Trinajstić information content (AvgIpc) is 3.13. The van der Waals surface area contributed by atoms with Crippen LogP contribution in [-0.4, -0.2) is 22.4 Å². The monoisotopic (exact) mass is 372 g/mol. The number of aryl methyl sites for hydroxylation is 1. The van der Waals surface area contributed by atoms with Gasteiger partial charge in [0.25, 0.3) is 5.91 Å². The summed E-state index contributed by atoms with van der Waals surface area (Å²) in [6.07, 6.45) is 4.06. The van der Waals surface area contributed by atoms with Crippen LogP contribution in [0.15, 0.2) is 54.9 Å². The summed E-state index contributed by atoms with van der Waals surface area (Å²) in [5.41, 5.74) is 5.97. The Morgan fingerprint density at radius 2 is 1.89 bits per heavy atom. The molecule has 0 aliphatic carbocycles. The molecule has 0 saturated heterocycles. The molecule has 1 amide bonds. The first-order valence-corrected chi connectivity index (χ1v) is 9.63. The summed E-state index contributed by atoms with van der Waals surface area (Å²) in [5.74, 6) is 0.920. The molecule has 5 nitrogen and oxygen atoms in total. The predicted octanol–water partition coefficient (Wildman–Crippen LogP) is 4.85. The number of amides is 1. The second-order valence-electron chi connectivity index (χ2n) is 7.44. The fourth-order valence-corrected chi connectivity index (χ4v) is 3.66. The number of carbonyl (C=O) groups is 1. The fraction of sp³-hybridized carbons (Fsp3) is 0.261. The summed E-state index contributed by atoms with van der Waals surface area (Å²) >= 11 is 0. The van der Waals surface area contributed by atoms with E-state index >= 15 is 0 Å². The lowest BCUT2D eigenvalue weighted by Crippen LogP contribution is -2.29. The van der Waals surface area contributed by atoms with Gasteiger partial charge in [-0.15, -0.1) is 0 Å². The Morgan fingerprint density at radius 3 is 2.64 bits per heavy atom. The maximum atomic E-state index is 12.9. The van der Waals surface area contributed by atoms with E-state index in [1.807, 2.05) is 18.2 Å². The van der Waals surface area contributed by atoms with Crippen LogP contribution in [0.1, 0.15) is 46.9 Å². The summed E-state index contributed by atoms with van der Waals surface area (Å²) in [6, 6.07) is 14.3. The van der Waals surface area contributed by atoms with Crippen LogP contribution in [0.4, 0.5) is 17.2 Å². The molecule has 0 atom stereocenters. The first kappa shape index (κ1) is 18.2. The standard InChI is InChI=1S/C23H24N4O/c1-15(2)18-9-6-7-16(3)22(18)26-21-14-24-19(13-25-21)23(28)27-12-11-17-8-4-5-10-20(17)27/h4-10,13-15H,11-12H2,1-3H3,(H,25,26). The average molecular weight is 372 g/mol. The Hall–Kier alpha value is -3.21. The molecule has 0 spiro atoms. The Kier molecular flexibility index (Phi) is 4.82. The van der Waals surface area contributed by atoms with Crippen LogP contribution >= 0.6 is 0 Å². The summed E-state index contributed by atoms with van der Waals surface area (Å²) in [7, 11) is 0. The largest absolute Gasteiger partial charge is 0.338 e. The molecule has 0 saturated carbocycles. The van der Waals surface area contributed by atoms with Gasteiger partial charge in [0.2, 0.25) is 0 Å². The van der Waals surface area contributed by atoms with Crippen molar-refractivity contribution >= 4 is 23.1 Å². The molecule has 1 aromatic heterocycles. The zero-order valence-electron chi connectivity index (χ0n) is 16.4. The van der Waals surface area contributed by atoms with Gasteiger partial charge in [0, 0.05) is 17.9 Å². The minimum atomic E-state index is -0.109. The highest BCUT2D eigenvalue weighted by molar-refractivity contribution is 6.05. The molecule has 4 rings (SSSR count). The van der Waals surface area contributed by atoms with Crippen molar-refractivity contribution in [2.75, 3.05) is 16.8 Å². The highest BCUT2D eigenvalue weighted by atomic mass is 16.2. The molecule has 2 aromatic carbocycles. The molecule has 142 valence electrons. The highest BCUT2D eigenvalue weighted by Gasteiger charge is 2.26. The number of fused-ring (bicyclic) bond motifs is 1. The number of para-hydroxylation sites is 2. The third kappa shape index (κ3) is 3.36. The quantitative estimate of drug-likeness (QED) is 0.711. The van der Waals surface area contributed by atoms with E-state index in [0.29, 0.717) is 24.0 Å². The number of nitrogens with zero attached hydrogens (tertiary/aromatic N) is 3. The van der Waals surface area contributed by atoms with E-state index in [-0.39, 0.29) is 5.91 Å². The van der Waals surface area contributed by atoms with Gasteiger partial charge >= 0.3 is 0 Å². The van der Waals surface area contributed by atoms with Gasteiger partial charge in [-0.05, 0) is 42.0 Å². The van der Waals surface area contributed by atoms with Crippen LogP contribution in [0.2, 0.25) is 0 Å². The van der Waals surface area contributed by atoms with Crippen LogP contribution in [0, 0.1) is 6.92 Å². The third-order valence-corrected chi connectivity index (χ3v) is 5.18. The number of hydrogen-bond donors (Lipinski definition) is 1. The molecule has 1 aliphatic rings. The minimum Gasteiger partial charge on any atom is -0.338 e. The SMILES string of the molecule is Cc1cccc(C(C)C)c1Nc1cnc(C(=O)N2CCc3ccccc32)cn1. The summed E-state index contributed by atoms with van der Waals surface area (Å²) in [5, 5.41) is 3.37.